The zero-order valence-electron chi connectivity index (χ0n) is 9.58. The van der Waals surface area contributed by atoms with Gasteiger partial charge in [0.2, 0.25) is 0 Å². The lowest BCUT2D eigenvalue weighted by molar-refractivity contribution is 0.306. The highest BCUT2D eigenvalue weighted by molar-refractivity contribution is 6.63. The second-order valence-corrected chi connectivity index (χ2v) is 4.19. The van der Waals surface area contributed by atoms with Gasteiger partial charge in [-0.25, -0.2) is 0 Å². The van der Waals surface area contributed by atoms with E-state index in [1.807, 2.05) is 30.3 Å². The molecule has 0 amide bonds. The highest BCUT2D eigenvalue weighted by Gasteiger charge is 2.17. The van der Waals surface area contributed by atoms with Crippen molar-refractivity contribution in [3.05, 3.63) is 59.1 Å². The molecule has 0 aliphatic carbocycles. The second kappa shape index (κ2) is 5.91. The van der Waals surface area contributed by atoms with Crippen molar-refractivity contribution in [3.8, 4) is 5.75 Å². The molecule has 0 radical (unpaired) electrons. The molecule has 0 saturated carbocycles. The van der Waals surface area contributed by atoms with E-state index in [1.54, 1.807) is 18.2 Å². The standard InChI is InChI=1S/C13H12BClO3/c15-13-11(14(16)17)7-4-8-12(13)18-9-10-5-2-1-3-6-10/h1-8,16-17H,9H2. The van der Waals surface area contributed by atoms with E-state index in [0.717, 1.165) is 5.56 Å². The number of halogens is 1. The van der Waals surface area contributed by atoms with Crippen LogP contribution in [0.2, 0.25) is 5.02 Å². The van der Waals surface area contributed by atoms with E-state index in [2.05, 4.69) is 0 Å². The fourth-order valence-corrected chi connectivity index (χ4v) is 1.85. The Morgan fingerprint density at radius 3 is 2.39 bits per heavy atom. The van der Waals surface area contributed by atoms with Gasteiger partial charge in [0.15, 0.2) is 0 Å². The van der Waals surface area contributed by atoms with Crippen LogP contribution >= 0.6 is 11.6 Å². The minimum Gasteiger partial charge on any atom is -0.487 e. The Hall–Kier alpha value is -1.49. The van der Waals surface area contributed by atoms with E-state index in [-0.39, 0.29) is 10.5 Å². The van der Waals surface area contributed by atoms with Crippen LogP contribution in [0.4, 0.5) is 0 Å². The third-order valence-corrected chi connectivity index (χ3v) is 2.91. The van der Waals surface area contributed by atoms with Gasteiger partial charge in [0, 0.05) is 5.46 Å². The first-order valence-corrected chi connectivity index (χ1v) is 5.87. The molecule has 0 unspecified atom stereocenters. The molecule has 18 heavy (non-hydrogen) atoms. The van der Waals surface area contributed by atoms with Gasteiger partial charge in [-0.1, -0.05) is 54.1 Å². The predicted molar refractivity (Wildman–Crippen MR) is 72.1 cm³/mol. The lowest BCUT2D eigenvalue weighted by Gasteiger charge is -2.10. The van der Waals surface area contributed by atoms with Crippen molar-refractivity contribution in [2.24, 2.45) is 0 Å². The Kier molecular flexibility index (Phi) is 4.26. The van der Waals surface area contributed by atoms with Gasteiger partial charge in [-0.2, -0.15) is 0 Å². The van der Waals surface area contributed by atoms with Crippen LogP contribution in [0, 0.1) is 0 Å². The smallest absolute Gasteiger partial charge is 0.487 e. The maximum absolute atomic E-state index is 9.13. The lowest BCUT2D eigenvalue weighted by Crippen LogP contribution is -2.30. The number of hydrogen-bond acceptors (Lipinski definition) is 3. The van der Waals surface area contributed by atoms with E-state index < -0.39 is 7.12 Å². The van der Waals surface area contributed by atoms with E-state index in [1.165, 1.54) is 0 Å². The zero-order valence-corrected chi connectivity index (χ0v) is 10.3. The Balaban J connectivity index is 2.13. The van der Waals surface area contributed by atoms with Gasteiger partial charge in [0.25, 0.3) is 0 Å². The van der Waals surface area contributed by atoms with Crippen LogP contribution < -0.4 is 10.2 Å². The second-order valence-electron chi connectivity index (χ2n) is 3.81. The molecule has 0 saturated heterocycles. The quantitative estimate of drug-likeness (QED) is 0.823. The largest absolute Gasteiger partial charge is 0.490 e. The SMILES string of the molecule is OB(O)c1cccc(OCc2ccccc2)c1Cl. The maximum atomic E-state index is 9.13. The fourth-order valence-electron chi connectivity index (χ4n) is 1.57. The summed E-state index contributed by atoms with van der Waals surface area (Å²) in [5, 5.41) is 18.5. The molecule has 0 bridgehead atoms. The number of hydrogen-bond donors (Lipinski definition) is 2. The van der Waals surface area contributed by atoms with Crippen molar-refractivity contribution in [3.63, 3.8) is 0 Å². The molecule has 0 atom stereocenters. The molecular formula is C13H12BClO3. The third kappa shape index (κ3) is 3.04. The fraction of sp³-hybridized carbons (Fsp3) is 0.0769. The van der Waals surface area contributed by atoms with Gasteiger partial charge in [-0.15, -0.1) is 0 Å². The van der Waals surface area contributed by atoms with Crippen molar-refractivity contribution in [1.29, 1.82) is 0 Å². The molecule has 2 N–H and O–H groups in total. The lowest BCUT2D eigenvalue weighted by atomic mass is 9.80. The summed E-state index contributed by atoms with van der Waals surface area (Å²) in [6.45, 7) is 0.380. The van der Waals surface area contributed by atoms with Crippen molar-refractivity contribution < 1.29 is 14.8 Å². The summed E-state index contributed by atoms with van der Waals surface area (Å²) in [6.07, 6.45) is 0. The summed E-state index contributed by atoms with van der Waals surface area (Å²) in [5.74, 6) is 0.436. The minimum absolute atomic E-state index is 0.225. The molecule has 0 aliphatic rings. The molecule has 92 valence electrons. The van der Waals surface area contributed by atoms with Crippen molar-refractivity contribution >= 4 is 24.2 Å². The van der Waals surface area contributed by atoms with Crippen molar-refractivity contribution in [1.82, 2.24) is 0 Å². The molecule has 5 heteroatoms. The zero-order chi connectivity index (χ0) is 13.0. The molecule has 0 spiro atoms. The molecule has 2 aromatic carbocycles. The topological polar surface area (TPSA) is 49.7 Å². The highest BCUT2D eigenvalue weighted by atomic mass is 35.5. The molecule has 0 aromatic heterocycles. The first-order valence-electron chi connectivity index (χ1n) is 5.50. The first-order chi connectivity index (χ1) is 8.68. The number of ether oxygens (including phenoxy) is 1. The van der Waals surface area contributed by atoms with Crippen LogP contribution in [-0.2, 0) is 6.61 Å². The normalized spacial score (nSPS) is 10.2. The summed E-state index contributed by atoms with van der Waals surface area (Å²) in [5.41, 5.74) is 1.26. The molecule has 2 rings (SSSR count). The van der Waals surface area contributed by atoms with Crippen LogP contribution in [0.5, 0.6) is 5.75 Å². The van der Waals surface area contributed by atoms with Crippen LogP contribution in [-0.4, -0.2) is 17.2 Å². The molecule has 2 aromatic rings. The van der Waals surface area contributed by atoms with E-state index in [9.17, 15) is 0 Å². The Morgan fingerprint density at radius 1 is 1.00 bits per heavy atom. The summed E-state index contributed by atoms with van der Waals surface area (Å²) < 4.78 is 5.56. The first kappa shape index (κ1) is 13.0. The molecule has 3 nitrogen and oxygen atoms in total. The van der Waals surface area contributed by atoms with Crippen molar-refractivity contribution in [2.45, 2.75) is 6.61 Å². The summed E-state index contributed by atoms with van der Waals surface area (Å²) >= 11 is 6.03. The third-order valence-electron chi connectivity index (χ3n) is 2.51. The van der Waals surface area contributed by atoms with Gasteiger partial charge < -0.3 is 14.8 Å². The Labute approximate surface area is 111 Å². The van der Waals surface area contributed by atoms with Gasteiger partial charge in [0.1, 0.15) is 12.4 Å². The van der Waals surface area contributed by atoms with Crippen LogP contribution in [0.25, 0.3) is 0 Å². The Bertz CT molecular complexity index is 517. The van der Waals surface area contributed by atoms with Gasteiger partial charge in [-0.3, -0.25) is 0 Å². The van der Waals surface area contributed by atoms with Gasteiger partial charge in [0.05, 0.1) is 5.02 Å². The molecule has 0 aliphatic heterocycles. The van der Waals surface area contributed by atoms with E-state index >= 15 is 0 Å². The summed E-state index contributed by atoms with van der Waals surface area (Å²) in [7, 11) is -1.60. The average molecular weight is 263 g/mol. The number of benzene rings is 2. The average Bonchev–Trinajstić information content (AvgIpc) is 2.38. The summed E-state index contributed by atoms with van der Waals surface area (Å²) in [6, 6.07) is 14.6. The predicted octanol–water partition coefficient (Wildman–Crippen LogP) is 1.60. The van der Waals surface area contributed by atoms with Gasteiger partial charge in [-0.05, 0) is 11.6 Å². The minimum atomic E-state index is -1.60. The Morgan fingerprint density at radius 2 is 1.72 bits per heavy atom. The number of rotatable bonds is 4. The van der Waals surface area contributed by atoms with E-state index in [0.29, 0.717) is 12.4 Å². The van der Waals surface area contributed by atoms with Crippen molar-refractivity contribution in [2.75, 3.05) is 0 Å². The van der Waals surface area contributed by atoms with E-state index in [4.69, 9.17) is 26.4 Å². The monoisotopic (exact) mass is 262 g/mol. The van der Waals surface area contributed by atoms with Crippen LogP contribution in [0.1, 0.15) is 5.56 Å². The van der Waals surface area contributed by atoms with Crippen LogP contribution in [0.15, 0.2) is 48.5 Å². The maximum Gasteiger partial charge on any atom is 0.490 e. The highest BCUT2D eigenvalue weighted by Crippen LogP contribution is 2.23. The molecular weight excluding hydrogens is 250 g/mol. The van der Waals surface area contributed by atoms with Crippen LogP contribution in [0.3, 0.4) is 0 Å². The van der Waals surface area contributed by atoms with Gasteiger partial charge >= 0.3 is 7.12 Å². The summed E-state index contributed by atoms with van der Waals surface area (Å²) in [4.78, 5) is 0. The molecule has 0 heterocycles. The molecule has 0 fully saturated rings.